The first-order valence-corrected chi connectivity index (χ1v) is 11.9. The fourth-order valence-electron chi connectivity index (χ4n) is 3.79. The van der Waals surface area contributed by atoms with Crippen molar-refractivity contribution in [2.75, 3.05) is 18.4 Å². The van der Waals surface area contributed by atoms with E-state index in [1.807, 2.05) is 87.5 Å². The van der Waals surface area contributed by atoms with Gasteiger partial charge in [-0.15, -0.1) is 0 Å². The molecule has 0 saturated heterocycles. The van der Waals surface area contributed by atoms with Crippen molar-refractivity contribution in [1.29, 1.82) is 0 Å². The summed E-state index contributed by atoms with van der Waals surface area (Å²) in [5.74, 6) is 1.61. The molecule has 0 bridgehead atoms. The second-order valence-electron chi connectivity index (χ2n) is 9.01. The van der Waals surface area contributed by atoms with Crippen LogP contribution >= 0.6 is 0 Å². The first-order chi connectivity index (χ1) is 16.3. The van der Waals surface area contributed by atoms with Crippen molar-refractivity contribution in [2.45, 2.75) is 47.2 Å². The number of amides is 3. The number of carbonyl (C=O) groups is 2. The second-order valence-corrected chi connectivity index (χ2v) is 9.01. The van der Waals surface area contributed by atoms with Crippen LogP contribution in [0, 0.1) is 12.8 Å². The van der Waals surface area contributed by atoms with Crippen LogP contribution in [0.4, 0.5) is 10.5 Å². The number of anilines is 1. The average molecular weight is 462 g/mol. The molecule has 1 heterocycles. The van der Waals surface area contributed by atoms with Crippen molar-refractivity contribution in [3.8, 4) is 0 Å². The van der Waals surface area contributed by atoms with Crippen molar-refractivity contribution in [3.05, 3.63) is 89.4 Å². The van der Waals surface area contributed by atoms with Crippen LogP contribution in [0.3, 0.4) is 0 Å². The van der Waals surface area contributed by atoms with Gasteiger partial charge in [0.25, 0.3) is 0 Å². The lowest BCUT2D eigenvalue weighted by atomic mass is 10.1. The van der Waals surface area contributed by atoms with Crippen molar-refractivity contribution in [3.63, 3.8) is 0 Å². The molecule has 2 aromatic carbocycles. The van der Waals surface area contributed by atoms with Gasteiger partial charge in [0.2, 0.25) is 5.91 Å². The zero-order valence-electron chi connectivity index (χ0n) is 20.6. The van der Waals surface area contributed by atoms with E-state index in [-0.39, 0.29) is 24.4 Å². The highest BCUT2D eigenvalue weighted by molar-refractivity contribution is 5.92. The normalized spacial score (nSPS) is 10.9. The number of hydrogen-bond donors (Lipinski definition) is 1. The molecule has 0 unspecified atom stereocenters. The van der Waals surface area contributed by atoms with Crippen molar-refractivity contribution in [1.82, 2.24) is 9.80 Å². The van der Waals surface area contributed by atoms with Crippen LogP contribution in [0.15, 0.2) is 71.1 Å². The number of aryl methyl sites for hydroxylation is 2. The van der Waals surface area contributed by atoms with E-state index in [2.05, 4.69) is 12.2 Å². The Morgan fingerprint density at radius 1 is 0.912 bits per heavy atom. The topological polar surface area (TPSA) is 65.8 Å². The van der Waals surface area contributed by atoms with Crippen LogP contribution in [-0.2, 0) is 24.3 Å². The van der Waals surface area contributed by atoms with E-state index in [0.29, 0.717) is 19.6 Å². The van der Waals surface area contributed by atoms with Crippen LogP contribution in [0.2, 0.25) is 0 Å². The number of nitrogens with zero attached hydrogens (tertiary/aromatic N) is 2. The van der Waals surface area contributed by atoms with E-state index < -0.39 is 0 Å². The molecule has 3 aromatic rings. The summed E-state index contributed by atoms with van der Waals surface area (Å²) in [5, 5.41) is 2.97. The van der Waals surface area contributed by atoms with E-state index in [4.69, 9.17) is 4.42 Å². The summed E-state index contributed by atoms with van der Waals surface area (Å²) in [7, 11) is 0. The predicted octanol–water partition coefficient (Wildman–Crippen LogP) is 5.87. The van der Waals surface area contributed by atoms with Crippen molar-refractivity contribution in [2.24, 2.45) is 5.92 Å². The molecule has 1 aromatic heterocycles. The highest BCUT2D eigenvalue weighted by Gasteiger charge is 2.23. The van der Waals surface area contributed by atoms with Crippen molar-refractivity contribution < 1.29 is 14.0 Å². The van der Waals surface area contributed by atoms with E-state index in [1.54, 1.807) is 9.80 Å². The molecule has 0 aliphatic carbocycles. The third-order valence-electron chi connectivity index (χ3n) is 5.50. The van der Waals surface area contributed by atoms with Crippen LogP contribution < -0.4 is 5.32 Å². The summed E-state index contributed by atoms with van der Waals surface area (Å²) in [6, 6.07) is 21.2. The van der Waals surface area contributed by atoms with Gasteiger partial charge in [0.1, 0.15) is 18.1 Å². The van der Waals surface area contributed by atoms with E-state index >= 15 is 0 Å². The quantitative estimate of drug-likeness (QED) is 0.411. The fraction of sp³-hybridized carbons (Fsp3) is 0.357. The van der Waals surface area contributed by atoms with Gasteiger partial charge in [0, 0.05) is 18.8 Å². The Hall–Kier alpha value is -3.54. The molecular weight excluding hydrogens is 426 g/mol. The maximum absolute atomic E-state index is 13.5. The number of furan rings is 1. The monoisotopic (exact) mass is 461 g/mol. The maximum Gasteiger partial charge on any atom is 0.322 e. The van der Waals surface area contributed by atoms with Gasteiger partial charge in [-0.3, -0.25) is 4.79 Å². The third kappa shape index (κ3) is 7.51. The highest BCUT2D eigenvalue weighted by atomic mass is 16.3. The molecule has 0 spiro atoms. The molecule has 0 aliphatic rings. The SMILES string of the molecule is CCc1cccc(NC(=O)N(CC(=O)N(Cc2ccccc2)Cc2ccc(C)o2)CC(C)C)c1. The summed E-state index contributed by atoms with van der Waals surface area (Å²) < 4.78 is 5.73. The molecule has 0 atom stereocenters. The van der Waals surface area contributed by atoms with Gasteiger partial charge in [0.05, 0.1) is 6.54 Å². The molecule has 34 heavy (non-hydrogen) atoms. The van der Waals surface area contributed by atoms with Gasteiger partial charge in [-0.05, 0) is 54.7 Å². The number of hydrogen-bond acceptors (Lipinski definition) is 3. The lowest BCUT2D eigenvalue weighted by molar-refractivity contribution is -0.133. The number of nitrogens with one attached hydrogen (secondary N) is 1. The smallest absolute Gasteiger partial charge is 0.322 e. The first-order valence-electron chi connectivity index (χ1n) is 11.9. The molecule has 3 rings (SSSR count). The van der Waals surface area contributed by atoms with Crippen LogP contribution in [0.1, 0.15) is 43.4 Å². The molecule has 0 aliphatic heterocycles. The highest BCUT2D eigenvalue weighted by Crippen LogP contribution is 2.16. The van der Waals surface area contributed by atoms with Gasteiger partial charge >= 0.3 is 6.03 Å². The number of urea groups is 1. The fourth-order valence-corrected chi connectivity index (χ4v) is 3.79. The zero-order valence-corrected chi connectivity index (χ0v) is 20.6. The number of benzene rings is 2. The van der Waals surface area contributed by atoms with Gasteiger partial charge in [-0.2, -0.15) is 0 Å². The lowest BCUT2D eigenvalue weighted by Crippen LogP contribution is -2.45. The molecule has 180 valence electrons. The average Bonchev–Trinajstić information content (AvgIpc) is 3.23. The molecule has 0 saturated carbocycles. The van der Waals surface area contributed by atoms with E-state index in [1.165, 1.54) is 0 Å². The van der Waals surface area contributed by atoms with Gasteiger partial charge in [-0.25, -0.2) is 4.79 Å². The Labute approximate surface area is 202 Å². The standard InChI is InChI=1S/C28H35N3O3/c1-5-23-12-9-13-25(16-23)29-28(33)31(17-21(2)3)20-27(32)30(18-24-10-7-6-8-11-24)19-26-15-14-22(4)34-26/h6-16,21H,5,17-20H2,1-4H3,(H,29,33). The summed E-state index contributed by atoms with van der Waals surface area (Å²) in [4.78, 5) is 30.0. The summed E-state index contributed by atoms with van der Waals surface area (Å²) in [6.45, 7) is 9.29. The summed E-state index contributed by atoms with van der Waals surface area (Å²) in [5.41, 5.74) is 2.90. The van der Waals surface area contributed by atoms with Gasteiger partial charge in [0.15, 0.2) is 0 Å². The molecule has 1 N–H and O–H groups in total. The Bertz CT molecular complexity index is 1080. The Morgan fingerprint density at radius 3 is 2.29 bits per heavy atom. The maximum atomic E-state index is 13.5. The zero-order chi connectivity index (χ0) is 24.5. The van der Waals surface area contributed by atoms with Crippen LogP contribution in [0.5, 0.6) is 0 Å². The lowest BCUT2D eigenvalue weighted by Gasteiger charge is -2.28. The predicted molar refractivity (Wildman–Crippen MR) is 135 cm³/mol. The minimum atomic E-state index is -0.274. The molecule has 0 radical (unpaired) electrons. The van der Waals surface area contributed by atoms with E-state index in [0.717, 1.165) is 34.8 Å². The second kappa shape index (κ2) is 12.1. The Balaban J connectivity index is 1.76. The van der Waals surface area contributed by atoms with Crippen molar-refractivity contribution >= 4 is 17.6 Å². The molecule has 6 nitrogen and oxygen atoms in total. The minimum absolute atomic E-state index is 0.00991. The van der Waals surface area contributed by atoms with Gasteiger partial charge in [-0.1, -0.05) is 63.2 Å². The summed E-state index contributed by atoms with van der Waals surface area (Å²) in [6.07, 6.45) is 0.888. The molecule has 6 heteroatoms. The van der Waals surface area contributed by atoms with E-state index in [9.17, 15) is 9.59 Å². The molecule has 3 amide bonds. The number of carbonyl (C=O) groups excluding carboxylic acids is 2. The minimum Gasteiger partial charge on any atom is -0.464 e. The van der Waals surface area contributed by atoms with Gasteiger partial charge < -0.3 is 19.5 Å². The van der Waals surface area contributed by atoms with Crippen LogP contribution in [0.25, 0.3) is 0 Å². The number of rotatable bonds is 10. The summed E-state index contributed by atoms with van der Waals surface area (Å²) >= 11 is 0. The first kappa shape index (κ1) is 25.1. The molecular formula is C28H35N3O3. The Morgan fingerprint density at radius 2 is 1.65 bits per heavy atom. The third-order valence-corrected chi connectivity index (χ3v) is 5.50. The Kier molecular flexibility index (Phi) is 8.91. The largest absolute Gasteiger partial charge is 0.464 e. The molecule has 0 fully saturated rings. The van der Waals surface area contributed by atoms with Crippen LogP contribution in [-0.4, -0.2) is 34.8 Å².